The maximum Gasteiger partial charge on any atom is 0.335 e. The van der Waals surface area contributed by atoms with E-state index in [1.54, 1.807) is 6.92 Å². The molecule has 4 nitrogen and oxygen atoms in total. The summed E-state index contributed by atoms with van der Waals surface area (Å²) in [5.41, 5.74) is 0. The van der Waals surface area contributed by atoms with Crippen LogP contribution in [0.4, 0.5) is 0 Å². The first-order valence-corrected chi connectivity index (χ1v) is 10.2. The molecule has 0 fully saturated rings. The second-order valence-electron chi connectivity index (χ2n) is 6.78. The van der Waals surface area contributed by atoms with Gasteiger partial charge in [0.2, 0.25) is 8.32 Å². The molecule has 0 aromatic carbocycles. The van der Waals surface area contributed by atoms with E-state index >= 15 is 0 Å². The molecule has 116 valence electrons. The predicted octanol–water partition coefficient (Wildman–Crippen LogP) is 3.63. The van der Waals surface area contributed by atoms with Crippen molar-refractivity contribution in [1.29, 1.82) is 0 Å². The molecule has 20 heavy (non-hydrogen) atoms. The Balaban J connectivity index is 2.78. The van der Waals surface area contributed by atoms with Crippen molar-refractivity contribution in [3.63, 3.8) is 0 Å². The Kier molecular flexibility index (Phi) is 5.44. The van der Waals surface area contributed by atoms with Crippen molar-refractivity contribution in [3.05, 3.63) is 11.8 Å². The van der Waals surface area contributed by atoms with Gasteiger partial charge in [-0.1, -0.05) is 20.8 Å². The average molecular weight is 300 g/mol. The molecule has 5 heteroatoms. The SMILES string of the molecule is CCOC(=O)[C@@H]1CC(O[Si](C)(C)C(C)(C)C)=C[C@@H](C)O1. The van der Waals surface area contributed by atoms with E-state index in [4.69, 9.17) is 13.9 Å². The van der Waals surface area contributed by atoms with Crippen LogP contribution in [-0.4, -0.2) is 33.1 Å². The van der Waals surface area contributed by atoms with Crippen LogP contribution in [0.25, 0.3) is 0 Å². The zero-order chi connectivity index (χ0) is 15.6. The van der Waals surface area contributed by atoms with Crippen LogP contribution in [0.15, 0.2) is 11.8 Å². The molecule has 2 atom stereocenters. The van der Waals surface area contributed by atoms with Crippen molar-refractivity contribution in [2.75, 3.05) is 6.61 Å². The van der Waals surface area contributed by atoms with Crippen LogP contribution in [0.1, 0.15) is 41.0 Å². The standard InChI is InChI=1S/C15H28O4Si/c1-8-17-14(16)13-10-12(9-11(2)18-13)19-20(6,7)15(3,4)5/h9,11,13H,8,10H2,1-7H3/t11-,13+/m1/s1. The fourth-order valence-electron chi connectivity index (χ4n) is 1.79. The molecule has 1 aliphatic heterocycles. The van der Waals surface area contributed by atoms with Crippen LogP contribution < -0.4 is 0 Å². The molecule has 0 saturated heterocycles. The highest BCUT2D eigenvalue weighted by molar-refractivity contribution is 6.74. The lowest BCUT2D eigenvalue weighted by molar-refractivity contribution is -0.160. The number of rotatable bonds is 4. The summed E-state index contributed by atoms with van der Waals surface area (Å²) in [6, 6.07) is 0. The Labute approximate surface area is 123 Å². The summed E-state index contributed by atoms with van der Waals surface area (Å²) < 4.78 is 16.9. The highest BCUT2D eigenvalue weighted by Gasteiger charge is 2.40. The van der Waals surface area contributed by atoms with Gasteiger partial charge in [-0.15, -0.1) is 0 Å². The molecule has 0 amide bonds. The van der Waals surface area contributed by atoms with Gasteiger partial charge in [0.05, 0.1) is 18.5 Å². The number of ether oxygens (including phenoxy) is 2. The van der Waals surface area contributed by atoms with E-state index in [1.165, 1.54) is 0 Å². The summed E-state index contributed by atoms with van der Waals surface area (Å²) in [6.45, 7) is 15.1. The van der Waals surface area contributed by atoms with Gasteiger partial charge in [0.15, 0.2) is 6.10 Å². The summed E-state index contributed by atoms with van der Waals surface area (Å²) >= 11 is 0. The molecular formula is C15H28O4Si. The third-order valence-corrected chi connectivity index (χ3v) is 8.31. The molecule has 0 aliphatic carbocycles. The van der Waals surface area contributed by atoms with Crippen LogP contribution >= 0.6 is 0 Å². The fraction of sp³-hybridized carbons (Fsp3) is 0.800. The van der Waals surface area contributed by atoms with Gasteiger partial charge in [-0.05, 0) is 38.1 Å². The zero-order valence-electron chi connectivity index (χ0n) is 13.8. The van der Waals surface area contributed by atoms with E-state index in [9.17, 15) is 4.79 Å². The van der Waals surface area contributed by atoms with E-state index < -0.39 is 14.4 Å². The first-order valence-electron chi connectivity index (χ1n) is 7.28. The van der Waals surface area contributed by atoms with Crippen molar-refractivity contribution in [3.8, 4) is 0 Å². The molecule has 0 spiro atoms. The minimum Gasteiger partial charge on any atom is -0.547 e. The Hall–Kier alpha value is -0.813. The summed E-state index contributed by atoms with van der Waals surface area (Å²) in [6.07, 6.45) is 1.76. The smallest absolute Gasteiger partial charge is 0.335 e. The number of carbonyl (C=O) groups is 1. The molecule has 0 radical (unpaired) electrons. The number of carbonyl (C=O) groups excluding carboxylic acids is 1. The van der Waals surface area contributed by atoms with Gasteiger partial charge in [0.1, 0.15) is 0 Å². The van der Waals surface area contributed by atoms with Crippen LogP contribution in [0.2, 0.25) is 18.1 Å². The van der Waals surface area contributed by atoms with Gasteiger partial charge in [0, 0.05) is 6.42 Å². The van der Waals surface area contributed by atoms with Crippen LogP contribution in [0.3, 0.4) is 0 Å². The third-order valence-electron chi connectivity index (χ3n) is 3.93. The summed E-state index contributed by atoms with van der Waals surface area (Å²) in [7, 11) is -1.88. The molecule has 0 saturated carbocycles. The molecule has 0 bridgehead atoms. The third kappa shape index (κ3) is 4.35. The van der Waals surface area contributed by atoms with Crippen LogP contribution in [-0.2, 0) is 18.7 Å². The molecule has 1 aliphatic rings. The second-order valence-corrected chi connectivity index (χ2v) is 11.5. The van der Waals surface area contributed by atoms with E-state index in [-0.39, 0.29) is 17.1 Å². The van der Waals surface area contributed by atoms with E-state index in [2.05, 4.69) is 33.9 Å². The topological polar surface area (TPSA) is 44.8 Å². The highest BCUT2D eigenvalue weighted by Crippen LogP contribution is 2.39. The van der Waals surface area contributed by atoms with Gasteiger partial charge in [-0.2, -0.15) is 0 Å². The van der Waals surface area contributed by atoms with Gasteiger partial charge in [-0.3, -0.25) is 0 Å². The molecule has 0 N–H and O–H groups in total. The van der Waals surface area contributed by atoms with E-state index in [0.717, 1.165) is 5.76 Å². The lowest BCUT2D eigenvalue weighted by Gasteiger charge is -2.39. The Morgan fingerprint density at radius 3 is 2.55 bits per heavy atom. The second kappa shape index (κ2) is 6.31. The Bertz CT molecular complexity index is 382. The van der Waals surface area contributed by atoms with Crippen molar-refractivity contribution in [2.24, 2.45) is 0 Å². The minimum atomic E-state index is -1.88. The minimum absolute atomic E-state index is 0.127. The summed E-state index contributed by atoms with van der Waals surface area (Å²) in [5, 5.41) is 0.134. The first-order chi connectivity index (χ1) is 9.06. The first kappa shape index (κ1) is 17.2. The van der Waals surface area contributed by atoms with Crippen molar-refractivity contribution < 1.29 is 18.7 Å². The maximum atomic E-state index is 11.8. The van der Waals surface area contributed by atoms with E-state index in [0.29, 0.717) is 13.0 Å². The van der Waals surface area contributed by atoms with Gasteiger partial charge < -0.3 is 13.9 Å². The maximum absolute atomic E-state index is 11.8. The lowest BCUT2D eigenvalue weighted by Crippen LogP contribution is -2.42. The average Bonchev–Trinajstić information content (AvgIpc) is 2.26. The zero-order valence-corrected chi connectivity index (χ0v) is 14.8. The summed E-state index contributed by atoms with van der Waals surface area (Å²) in [5.74, 6) is 0.567. The van der Waals surface area contributed by atoms with E-state index in [1.807, 2.05) is 13.0 Å². The van der Waals surface area contributed by atoms with Gasteiger partial charge >= 0.3 is 5.97 Å². The molecule has 1 heterocycles. The lowest BCUT2D eigenvalue weighted by atomic mass is 10.1. The molecular weight excluding hydrogens is 272 g/mol. The van der Waals surface area contributed by atoms with Crippen molar-refractivity contribution in [1.82, 2.24) is 0 Å². The molecule has 0 unspecified atom stereocenters. The monoisotopic (exact) mass is 300 g/mol. The van der Waals surface area contributed by atoms with Crippen LogP contribution in [0.5, 0.6) is 0 Å². The van der Waals surface area contributed by atoms with Gasteiger partial charge in [0.25, 0.3) is 0 Å². The largest absolute Gasteiger partial charge is 0.547 e. The molecule has 1 rings (SSSR count). The van der Waals surface area contributed by atoms with Gasteiger partial charge in [-0.25, -0.2) is 4.79 Å². The highest BCUT2D eigenvalue weighted by atomic mass is 28.4. The molecule has 0 aromatic rings. The summed E-state index contributed by atoms with van der Waals surface area (Å²) in [4.78, 5) is 11.8. The van der Waals surface area contributed by atoms with Crippen molar-refractivity contribution in [2.45, 2.75) is 71.4 Å². The fourth-order valence-corrected chi connectivity index (χ4v) is 2.90. The van der Waals surface area contributed by atoms with Crippen LogP contribution in [0, 0.1) is 0 Å². The molecule has 0 aromatic heterocycles. The van der Waals surface area contributed by atoms with Crippen molar-refractivity contribution >= 4 is 14.3 Å². The predicted molar refractivity (Wildman–Crippen MR) is 82.0 cm³/mol. The normalized spacial score (nSPS) is 24.1. The quantitative estimate of drug-likeness (QED) is 0.587. The Morgan fingerprint density at radius 1 is 1.45 bits per heavy atom. The number of hydrogen-bond donors (Lipinski definition) is 0. The number of esters is 1. The number of hydrogen-bond acceptors (Lipinski definition) is 4. The Morgan fingerprint density at radius 2 is 2.05 bits per heavy atom.